The maximum atomic E-state index is 12.4. The molecule has 1 aliphatic carbocycles. The van der Waals surface area contributed by atoms with E-state index in [4.69, 9.17) is 0 Å². The van der Waals surface area contributed by atoms with Crippen LogP contribution in [0.5, 0.6) is 0 Å². The summed E-state index contributed by atoms with van der Waals surface area (Å²) >= 11 is 0. The summed E-state index contributed by atoms with van der Waals surface area (Å²) < 4.78 is 0. The van der Waals surface area contributed by atoms with Gasteiger partial charge in [-0.2, -0.15) is 0 Å². The van der Waals surface area contributed by atoms with Crippen molar-refractivity contribution in [3.05, 3.63) is 35.4 Å². The van der Waals surface area contributed by atoms with Crippen molar-refractivity contribution in [3.63, 3.8) is 0 Å². The molecule has 4 heteroatoms. The van der Waals surface area contributed by atoms with E-state index in [1.807, 2.05) is 7.05 Å². The van der Waals surface area contributed by atoms with Crippen LogP contribution in [0.25, 0.3) is 0 Å². The highest BCUT2D eigenvalue weighted by Gasteiger charge is 2.18. The van der Waals surface area contributed by atoms with Crippen LogP contribution in [0.1, 0.15) is 72.6 Å². The molecule has 0 bridgehead atoms. The Morgan fingerprint density at radius 2 is 1.87 bits per heavy atom. The van der Waals surface area contributed by atoms with Gasteiger partial charge in [0.2, 0.25) is 0 Å². The topological polar surface area (TPSA) is 49.4 Å². The lowest BCUT2D eigenvalue weighted by Crippen LogP contribution is -2.36. The molecule has 2 amide bonds. The second kappa shape index (κ2) is 8.70. The summed E-state index contributed by atoms with van der Waals surface area (Å²) in [7, 11) is 1.81. The van der Waals surface area contributed by atoms with Gasteiger partial charge in [0, 0.05) is 30.8 Å². The number of amides is 2. The number of hydrogen-bond donors (Lipinski definition) is 1. The van der Waals surface area contributed by atoms with Crippen LogP contribution in [0, 0.1) is 0 Å². The van der Waals surface area contributed by atoms with Crippen molar-refractivity contribution in [3.8, 4) is 0 Å². The Hall–Kier alpha value is -1.84. The molecule has 1 aromatic rings. The third kappa shape index (κ3) is 5.08. The van der Waals surface area contributed by atoms with Crippen molar-refractivity contribution in [2.24, 2.45) is 0 Å². The molecular formula is C19H28N2O2. The quantitative estimate of drug-likeness (QED) is 0.871. The molecule has 1 saturated carbocycles. The van der Waals surface area contributed by atoms with Crippen molar-refractivity contribution >= 4 is 11.8 Å². The molecule has 4 nitrogen and oxygen atoms in total. The van der Waals surface area contributed by atoms with Crippen LogP contribution in [0.4, 0.5) is 0 Å². The van der Waals surface area contributed by atoms with Gasteiger partial charge < -0.3 is 10.2 Å². The fourth-order valence-corrected chi connectivity index (χ4v) is 3.03. The minimum atomic E-state index is -0.0669. The lowest BCUT2D eigenvalue weighted by atomic mass is 9.95. The summed E-state index contributed by atoms with van der Waals surface area (Å²) in [5.74, 6) is -0.0893. The molecule has 1 fully saturated rings. The summed E-state index contributed by atoms with van der Waals surface area (Å²) in [4.78, 5) is 26.5. The van der Waals surface area contributed by atoms with Crippen molar-refractivity contribution in [1.29, 1.82) is 0 Å². The smallest absolute Gasteiger partial charge is 0.253 e. The van der Waals surface area contributed by atoms with E-state index < -0.39 is 0 Å². The van der Waals surface area contributed by atoms with Gasteiger partial charge in [0.05, 0.1) is 0 Å². The lowest BCUT2D eigenvalue weighted by molar-refractivity contribution is 0.0793. The van der Waals surface area contributed by atoms with Crippen LogP contribution >= 0.6 is 0 Å². The zero-order valence-corrected chi connectivity index (χ0v) is 14.3. The van der Waals surface area contributed by atoms with Gasteiger partial charge in [-0.15, -0.1) is 0 Å². The lowest BCUT2D eigenvalue weighted by Gasteiger charge is -2.23. The average molecular weight is 316 g/mol. The van der Waals surface area contributed by atoms with Gasteiger partial charge >= 0.3 is 0 Å². The number of hydrogen-bond acceptors (Lipinski definition) is 2. The number of unbranched alkanes of at least 4 members (excludes halogenated alkanes) is 1. The van der Waals surface area contributed by atoms with E-state index in [1.165, 1.54) is 19.3 Å². The first kappa shape index (κ1) is 17.5. The molecule has 2 rings (SSSR count). The number of nitrogens with zero attached hydrogens (tertiary/aromatic N) is 1. The van der Waals surface area contributed by atoms with Crippen LogP contribution in [-0.2, 0) is 0 Å². The maximum Gasteiger partial charge on any atom is 0.253 e. The second-order valence-corrected chi connectivity index (χ2v) is 6.47. The van der Waals surface area contributed by atoms with E-state index in [0.29, 0.717) is 11.1 Å². The normalized spacial score (nSPS) is 15.2. The van der Waals surface area contributed by atoms with Gasteiger partial charge in [-0.05, 0) is 37.5 Å². The molecule has 0 aromatic heterocycles. The summed E-state index contributed by atoms with van der Waals surface area (Å²) in [5, 5.41) is 3.10. The zero-order chi connectivity index (χ0) is 16.7. The molecule has 0 heterocycles. The van der Waals surface area contributed by atoms with E-state index in [9.17, 15) is 9.59 Å². The molecule has 23 heavy (non-hydrogen) atoms. The van der Waals surface area contributed by atoms with E-state index in [0.717, 1.165) is 32.2 Å². The Morgan fingerprint density at radius 3 is 2.57 bits per heavy atom. The Bertz CT molecular complexity index is 536. The minimum Gasteiger partial charge on any atom is -0.349 e. The number of nitrogens with one attached hydrogen (secondary N) is 1. The van der Waals surface area contributed by atoms with Crippen molar-refractivity contribution < 1.29 is 9.59 Å². The number of benzene rings is 1. The van der Waals surface area contributed by atoms with Crippen LogP contribution in [0.15, 0.2) is 24.3 Å². The standard InChI is InChI=1S/C19H28N2O2/c1-3-4-13-21(2)19(23)16-10-8-9-15(14-16)18(22)20-17-11-6-5-7-12-17/h8-10,14,17H,3-7,11-13H2,1-2H3,(H,20,22). The van der Waals surface area contributed by atoms with Gasteiger partial charge in [-0.25, -0.2) is 0 Å². The fourth-order valence-electron chi connectivity index (χ4n) is 3.03. The van der Waals surface area contributed by atoms with E-state index in [1.54, 1.807) is 29.2 Å². The number of carbonyl (C=O) groups excluding carboxylic acids is 2. The molecular weight excluding hydrogens is 288 g/mol. The van der Waals surface area contributed by atoms with Gasteiger partial charge in [0.25, 0.3) is 11.8 Å². The highest BCUT2D eigenvalue weighted by Crippen LogP contribution is 2.18. The molecule has 1 N–H and O–H groups in total. The number of carbonyl (C=O) groups is 2. The Balaban J connectivity index is 2.00. The van der Waals surface area contributed by atoms with Gasteiger partial charge in [0.1, 0.15) is 0 Å². The summed E-state index contributed by atoms with van der Waals surface area (Å²) in [6.45, 7) is 2.85. The van der Waals surface area contributed by atoms with E-state index in [-0.39, 0.29) is 17.9 Å². The van der Waals surface area contributed by atoms with E-state index in [2.05, 4.69) is 12.2 Å². The molecule has 0 radical (unpaired) electrons. The van der Waals surface area contributed by atoms with Gasteiger partial charge in [0.15, 0.2) is 0 Å². The summed E-state index contributed by atoms with van der Waals surface area (Å²) in [6, 6.07) is 7.34. The largest absolute Gasteiger partial charge is 0.349 e. The second-order valence-electron chi connectivity index (χ2n) is 6.47. The SMILES string of the molecule is CCCCN(C)C(=O)c1cccc(C(=O)NC2CCCCC2)c1. The first-order valence-corrected chi connectivity index (χ1v) is 8.78. The molecule has 0 atom stereocenters. The molecule has 126 valence electrons. The average Bonchev–Trinajstić information content (AvgIpc) is 2.60. The van der Waals surface area contributed by atoms with Crippen molar-refractivity contribution in [1.82, 2.24) is 10.2 Å². The van der Waals surface area contributed by atoms with E-state index >= 15 is 0 Å². The highest BCUT2D eigenvalue weighted by molar-refractivity contribution is 5.99. The molecule has 1 aromatic carbocycles. The summed E-state index contributed by atoms with van der Waals surface area (Å²) in [6.07, 6.45) is 7.80. The summed E-state index contributed by atoms with van der Waals surface area (Å²) in [5.41, 5.74) is 1.16. The molecule has 0 spiro atoms. The molecule has 0 saturated heterocycles. The maximum absolute atomic E-state index is 12.4. The van der Waals surface area contributed by atoms with Crippen molar-refractivity contribution in [2.75, 3.05) is 13.6 Å². The van der Waals surface area contributed by atoms with Crippen LogP contribution < -0.4 is 5.32 Å². The first-order chi connectivity index (χ1) is 11.1. The Kier molecular flexibility index (Phi) is 6.63. The predicted molar refractivity (Wildman–Crippen MR) is 92.6 cm³/mol. The fraction of sp³-hybridized carbons (Fsp3) is 0.579. The third-order valence-corrected chi connectivity index (χ3v) is 4.51. The van der Waals surface area contributed by atoms with Gasteiger partial charge in [-0.3, -0.25) is 9.59 Å². The van der Waals surface area contributed by atoms with Crippen LogP contribution in [0.3, 0.4) is 0 Å². The molecule has 0 unspecified atom stereocenters. The Morgan fingerprint density at radius 1 is 1.17 bits per heavy atom. The Labute approximate surface area is 139 Å². The van der Waals surface area contributed by atoms with Crippen LogP contribution in [0.2, 0.25) is 0 Å². The van der Waals surface area contributed by atoms with Crippen molar-refractivity contribution in [2.45, 2.75) is 57.9 Å². The zero-order valence-electron chi connectivity index (χ0n) is 14.3. The first-order valence-electron chi connectivity index (χ1n) is 8.78. The predicted octanol–water partition coefficient (Wildman–Crippen LogP) is 3.62. The highest BCUT2D eigenvalue weighted by atomic mass is 16.2. The minimum absolute atomic E-state index is 0.0224. The monoisotopic (exact) mass is 316 g/mol. The van der Waals surface area contributed by atoms with Crippen LogP contribution in [-0.4, -0.2) is 36.3 Å². The molecule has 1 aliphatic rings. The molecule has 0 aliphatic heterocycles. The van der Waals surface area contributed by atoms with Gasteiger partial charge in [-0.1, -0.05) is 38.7 Å². The third-order valence-electron chi connectivity index (χ3n) is 4.51. The number of rotatable bonds is 6.